The summed E-state index contributed by atoms with van der Waals surface area (Å²) in [4.78, 5) is 2.73. The third kappa shape index (κ3) is 2.33. The number of hydrogen-bond donors (Lipinski definition) is 1. The summed E-state index contributed by atoms with van der Waals surface area (Å²) < 4.78 is 5.45. The van der Waals surface area contributed by atoms with Gasteiger partial charge >= 0.3 is 0 Å². The predicted octanol–water partition coefficient (Wildman–Crippen LogP) is 2.81. The van der Waals surface area contributed by atoms with Crippen molar-refractivity contribution in [2.75, 3.05) is 26.7 Å². The zero-order chi connectivity index (χ0) is 14.1. The van der Waals surface area contributed by atoms with Gasteiger partial charge in [-0.3, -0.25) is 4.90 Å². The van der Waals surface area contributed by atoms with E-state index in [0.29, 0.717) is 6.04 Å². The maximum Gasteiger partial charge on any atom is 0.122 e. The second-order valence-corrected chi connectivity index (χ2v) is 6.15. The SMILES string of the molecule is COc1ccc(C2CCC[C@H]3CNCCN23)c(C)c1C. The molecule has 0 aromatic heterocycles. The van der Waals surface area contributed by atoms with Crippen molar-refractivity contribution in [1.82, 2.24) is 10.2 Å². The quantitative estimate of drug-likeness (QED) is 0.897. The molecule has 0 bridgehead atoms. The Kier molecular flexibility index (Phi) is 3.99. The third-order valence-corrected chi connectivity index (χ3v) is 5.17. The molecule has 0 radical (unpaired) electrons. The second kappa shape index (κ2) is 5.74. The van der Waals surface area contributed by atoms with Crippen LogP contribution >= 0.6 is 0 Å². The van der Waals surface area contributed by atoms with Gasteiger partial charge in [0.05, 0.1) is 7.11 Å². The molecule has 0 spiro atoms. The van der Waals surface area contributed by atoms with E-state index in [1.54, 1.807) is 7.11 Å². The van der Waals surface area contributed by atoms with E-state index in [1.807, 2.05) is 0 Å². The molecule has 1 unspecified atom stereocenters. The highest BCUT2D eigenvalue weighted by Crippen LogP contribution is 2.38. The van der Waals surface area contributed by atoms with Crippen LogP contribution in [0.1, 0.15) is 42.0 Å². The third-order valence-electron chi connectivity index (χ3n) is 5.17. The van der Waals surface area contributed by atoms with Crippen LogP contribution < -0.4 is 10.1 Å². The molecular weight excluding hydrogens is 248 g/mol. The molecule has 2 heterocycles. The molecule has 110 valence electrons. The number of nitrogens with one attached hydrogen (secondary N) is 1. The Labute approximate surface area is 122 Å². The van der Waals surface area contributed by atoms with E-state index in [2.05, 4.69) is 36.2 Å². The summed E-state index contributed by atoms with van der Waals surface area (Å²) in [5, 5.41) is 3.54. The number of hydrogen-bond acceptors (Lipinski definition) is 3. The number of piperidine rings is 1. The summed E-state index contributed by atoms with van der Waals surface area (Å²) in [5.74, 6) is 1.01. The summed E-state index contributed by atoms with van der Waals surface area (Å²) in [6, 6.07) is 5.75. The first-order valence-corrected chi connectivity index (χ1v) is 7.83. The molecule has 0 aliphatic carbocycles. The van der Waals surface area contributed by atoms with Crippen LogP contribution in [0.15, 0.2) is 12.1 Å². The first-order valence-electron chi connectivity index (χ1n) is 7.83. The number of ether oxygens (including phenoxy) is 1. The topological polar surface area (TPSA) is 24.5 Å². The van der Waals surface area contributed by atoms with Crippen molar-refractivity contribution in [1.29, 1.82) is 0 Å². The van der Waals surface area contributed by atoms with Gasteiger partial charge in [0.2, 0.25) is 0 Å². The van der Waals surface area contributed by atoms with Gasteiger partial charge < -0.3 is 10.1 Å². The largest absolute Gasteiger partial charge is 0.496 e. The van der Waals surface area contributed by atoms with Crippen LogP contribution in [0.4, 0.5) is 0 Å². The predicted molar refractivity (Wildman–Crippen MR) is 82.4 cm³/mol. The Morgan fingerprint density at radius 3 is 2.85 bits per heavy atom. The smallest absolute Gasteiger partial charge is 0.122 e. The highest BCUT2D eigenvalue weighted by molar-refractivity contribution is 5.45. The van der Waals surface area contributed by atoms with Crippen LogP contribution in [0.5, 0.6) is 5.75 Å². The fraction of sp³-hybridized carbons (Fsp3) is 0.647. The van der Waals surface area contributed by atoms with Gasteiger partial charge in [-0.15, -0.1) is 0 Å². The van der Waals surface area contributed by atoms with Gasteiger partial charge in [-0.25, -0.2) is 0 Å². The van der Waals surface area contributed by atoms with Crippen LogP contribution in [-0.2, 0) is 0 Å². The summed E-state index contributed by atoms with van der Waals surface area (Å²) in [6.45, 7) is 7.89. The monoisotopic (exact) mass is 274 g/mol. The Morgan fingerprint density at radius 1 is 1.20 bits per heavy atom. The van der Waals surface area contributed by atoms with E-state index < -0.39 is 0 Å². The molecule has 3 heteroatoms. The van der Waals surface area contributed by atoms with Crippen LogP contribution in [0.2, 0.25) is 0 Å². The average molecular weight is 274 g/mol. The molecule has 1 N–H and O–H groups in total. The van der Waals surface area contributed by atoms with E-state index in [-0.39, 0.29) is 0 Å². The summed E-state index contributed by atoms with van der Waals surface area (Å²) in [5.41, 5.74) is 4.21. The van der Waals surface area contributed by atoms with E-state index in [9.17, 15) is 0 Å². The zero-order valence-corrected chi connectivity index (χ0v) is 12.9. The molecule has 1 aromatic carbocycles. The summed E-state index contributed by atoms with van der Waals surface area (Å²) >= 11 is 0. The maximum atomic E-state index is 5.45. The van der Waals surface area contributed by atoms with E-state index in [1.165, 1.54) is 42.5 Å². The minimum absolute atomic E-state index is 0.598. The lowest BCUT2D eigenvalue weighted by Gasteiger charge is -2.46. The average Bonchev–Trinajstić information content (AvgIpc) is 2.50. The minimum Gasteiger partial charge on any atom is -0.496 e. The molecule has 20 heavy (non-hydrogen) atoms. The summed E-state index contributed by atoms with van der Waals surface area (Å²) in [6.07, 6.45) is 3.98. The Balaban J connectivity index is 1.93. The second-order valence-electron chi connectivity index (χ2n) is 6.15. The van der Waals surface area contributed by atoms with Crippen molar-refractivity contribution in [2.24, 2.45) is 0 Å². The van der Waals surface area contributed by atoms with Gasteiger partial charge in [0.15, 0.2) is 0 Å². The Hall–Kier alpha value is -1.06. The van der Waals surface area contributed by atoms with E-state index in [4.69, 9.17) is 4.74 Å². The van der Waals surface area contributed by atoms with Crippen molar-refractivity contribution in [3.8, 4) is 5.75 Å². The molecule has 2 aliphatic heterocycles. The Morgan fingerprint density at radius 2 is 2.05 bits per heavy atom. The van der Waals surface area contributed by atoms with Gasteiger partial charge in [-0.1, -0.05) is 6.07 Å². The highest BCUT2D eigenvalue weighted by Gasteiger charge is 2.33. The number of benzene rings is 1. The van der Waals surface area contributed by atoms with Crippen molar-refractivity contribution in [2.45, 2.75) is 45.2 Å². The molecular formula is C17H26N2O. The van der Waals surface area contributed by atoms with Gasteiger partial charge in [0, 0.05) is 31.7 Å². The minimum atomic E-state index is 0.598. The first-order chi connectivity index (χ1) is 9.72. The van der Waals surface area contributed by atoms with Crippen LogP contribution in [-0.4, -0.2) is 37.7 Å². The van der Waals surface area contributed by atoms with E-state index in [0.717, 1.165) is 24.9 Å². The first kappa shape index (κ1) is 13.9. The van der Waals surface area contributed by atoms with Gasteiger partial charge in [0.25, 0.3) is 0 Å². The molecule has 0 amide bonds. The van der Waals surface area contributed by atoms with Crippen molar-refractivity contribution < 1.29 is 4.74 Å². The fourth-order valence-corrected chi connectivity index (χ4v) is 3.90. The molecule has 3 nitrogen and oxygen atoms in total. The van der Waals surface area contributed by atoms with Gasteiger partial charge in [0.1, 0.15) is 5.75 Å². The van der Waals surface area contributed by atoms with E-state index >= 15 is 0 Å². The van der Waals surface area contributed by atoms with Crippen molar-refractivity contribution in [3.63, 3.8) is 0 Å². The van der Waals surface area contributed by atoms with Crippen LogP contribution in [0.25, 0.3) is 0 Å². The zero-order valence-electron chi connectivity index (χ0n) is 12.9. The maximum absolute atomic E-state index is 5.45. The van der Waals surface area contributed by atoms with Crippen LogP contribution in [0.3, 0.4) is 0 Å². The van der Waals surface area contributed by atoms with Crippen LogP contribution in [0, 0.1) is 13.8 Å². The molecule has 2 saturated heterocycles. The van der Waals surface area contributed by atoms with Gasteiger partial charge in [-0.05, 0) is 55.9 Å². The van der Waals surface area contributed by atoms with Gasteiger partial charge in [-0.2, -0.15) is 0 Å². The number of nitrogens with zero attached hydrogens (tertiary/aromatic N) is 1. The molecule has 2 aliphatic rings. The lowest BCUT2D eigenvalue weighted by Crippen LogP contribution is -2.54. The molecule has 2 fully saturated rings. The van der Waals surface area contributed by atoms with Crippen molar-refractivity contribution >= 4 is 0 Å². The molecule has 0 saturated carbocycles. The normalized spacial score (nSPS) is 27.1. The number of fused-ring (bicyclic) bond motifs is 1. The molecule has 2 atom stereocenters. The fourth-order valence-electron chi connectivity index (χ4n) is 3.90. The molecule has 3 rings (SSSR count). The Bertz CT molecular complexity index is 484. The lowest BCUT2D eigenvalue weighted by atomic mass is 9.86. The highest BCUT2D eigenvalue weighted by atomic mass is 16.5. The number of rotatable bonds is 2. The standard InChI is InChI=1S/C17H26N2O/c1-12-13(2)17(20-3)8-7-15(12)16-6-4-5-14-11-18-9-10-19(14)16/h7-8,14,16,18H,4-6,9-11H2,1-3H3/t14-,16?/m0/s1. The van der Waals surface area contributed by atoms with Crippen molar-refractivity contribution in [3.05, 3.63) is 28.8 Å². The number of piperazine rings is 1. The molecule has 1 aromatic rings. The lowest BCUT2D eigenvalue weighted by molar-refractivity contribution is 0.0615. The number of methoxy groups -OCH3 is 1. The summed E-state index contributed by atoms with van der Waals surface area (Å²) in [7, 11) is 1.76.